The molecule has 1 amide bonds. The van der Waals surface area contributed by atoms with E-state index in [1.165, 1.54) is 38.5 Å². The first-order valence-electron chi connectivity index (χ1n) is 7.46. The predicted molar refractivity (Wildman–Crippen MR) is 69.3 cm³/mol. The highest BCUT2D eigenvalue weighted by Gasteiger charge is 2.36. The maximum Gasteiger partial charge on any atom is 0.248 e. The maximum absolute atomic E-state index is 12.0. The zero-order valence-electron chi connectivity index (χ0n) is 11.1. The molecule has 18 heavy (non-hydrogen) atoms. The lowest BCUT2D eigenvalue weighted by Gasteiger charge is -2.41. The van der Waals surface area contributed by atoms with Crippen molar-refractivity contribution in [3.05, 3.63) is 0 Å². The second kappa shape index (κ2) is 5.57. The fraction of sp³-hybridized carbons (Fsp3) is 0.929. The van der Waals surface area contributed by atoms with Crippen molar-refractivity contribution in [2.24, 2.45) is 5.92 Å². The molecule has 102 valence electrons. The minimum absolute atomic E-state index is 0.212. The highest BCUT2D eigenvalue weighted by molar-refractivity contribution is 5.78. The molecule has 3 fully saturated rings. The van der Waals surface area contributed by atoms with Gasteiger partial charge in [-0.1, -0.05) is 19.3 Å². The van der Waals surface area contributed by atoms with Crippen LogP contribution in [0.15, 0.2) is 0 Å². The molecule has 0 bridgehead atoms. The van der Waals surface area contributed by atoms with E-state index in [-0.39, 0.29) is 12.0 Å². The first kappa shape index (κ1) is 12.4. The molecule has 1 N–H and O–H groups in total. The molecule has 0 aromatic carbocycles. The molecular weight excluding hydrogens is 228 g/mol. The maximum atomic E-state index is 12.0. The van der Waals surface area contributed by atoms with Crippen LogP contribution < -0.4 is 5.32 Å². The van der Waals surface area contributed by atoms with Crippen molar-refractivity contribution in [1.29, 1.82) is 0 Å². The Morgan fingerprint density at radius 2 is 2.00 bits per heavy atom. The van der Waals surface area contributed by atoms with E-state index in [0.717, 1.165) is 19.6 Å². The highest BCUT2D eigenvalue weighted by Crippen LogP contribution is 2.27. The lowest BCUT2D eigenvalue weighted by atomic mass is 9.92. The Balaban J connectivity index is 1.62. The van der Waals surface area contributed by atoms with Gasteiger partial charge in [0.2, 0.25) is 5.91 Å². The number of hydrogen-bond acceptors (Lipinski definition) is 3. The first-order chi connectivity index (χ1) is 8.84. The van der Waals surface area contributed by atoms with Crippen LogP contribution >= 0.6 is 0 Å². The Hall–Kier alpha value is -0.610. The van der Waals surface area contributed by atoms with E-state index in [1.54, 1.807) is 0 Å². The summed E-state index contributed by atoms with van der Waals surface area (Å²) >= 11 is 0. The number of rotatable bonds is 2. The number of morpholine rings is 1. The first-order valence-corrected chi connectivity index (χ1v) is 7.46. The molecule has 2 atom stereocenters. The van der Waals surface area contributed by atoms with Gasteiger partial charge < -0.3 is 15.0 Å². The molecule has 0 spiro atoms. The van der Waals surface area contributed by atoms with Gasteiger partial charge in [0.25, 0.3) is 0 Å². The minimum atomic E-state index is 0.212. The van der Waals surface area contributed by atoms with E-state index in [9.17, 15) is 4.79 Å². The summed E-state index contributed by atoms with van der Waals surface area (Å²) in [5, 5.41) is 3.39. The Morgan fingerprint density at radius 1 is 1.17 bits per heavy atom. The van der Waals surface area contributed by atoms with Crippen molar-refractivity contribution >= 4 is 5.91 Å². The quantitative estimate of drug-likeness (QED) is 0.802. The molecule has 1 aliphatic carbocycles. The lowest BCUT2D eigenvalue weighted by Crippen LogP contribution is -2.53. The van der Waals surface area contributed by atoms with Crippen molar-refractivity contribution < 1.29 is 9.53 Å². The summed E-state index contributed by atoms with van der Waals surface area (Å²) in [5.74, 6) is 0.813. The summed E-state index contributed by atoms with van der Waals surface area (Å²) in [4.78, 5) is 14.2. The molecule has 2 saturated heterocycles. The normalized spacial score (nSPS) is 35.1. The number of nitrogens with zero attached hydrogens (tertiary/aromatic N) is 1. The molecule has 0 aromatic heterocycles. The number of amides is 1. The van der Waals surface area contributed by atoms with Crippen LogP contribution in [0.4, 0.5) is 0 Å². The van der Waals surface area contributed by atoms with Crippen LogP contribution in [0.3, 0.4) is 0 Å². The lowest BCUT2D eigenvalue weighted by molar-refractivity contribution is -0.156. The van der Waals surface area contributed by atoms with Gasteiger partial charge >= 0.3 is 0 Å². The van der Waals surface area contributed by atoms with Crippen molar-refractivity contribution in [3.63, 3.8) is 0 Å². The van der Waals surface area contributed by atoms with Crippen LogP contribution in [0.5, 0.6) is 0 Å². The monoisotopic (exact) mass is 252 g/mol. The van der Waals surface area contributed by atoms with Gasteiger partial charge in [-0.2, -0.15) is 0 Å². The fourth-order valence-electron chi connectivity index (χ4n) is 3.63. The largest absolute Gasteiger partial charge is 0.366 e. The van der Waals surface area contributed by atoms with Crippen LogP contribution in [-0.4, -0.2) is 49.2 Å². The van der Waals surface area contributed by atoms with Gasteiger partial charge in [0.05, 0.1) is 6.10 Å². The number of hydrogen-bond donors (Lipinski definition) is 1. The summed E-state index contributed by atoms with van der Waals surface area (Å²) < 4.78 is 5.76. The SMILES string of the molecule is O=C1COC(C2CCNC2)CN1C1CCCCC1. The van der Waals surface area contributed by atoms with E-state index in [0.29, 0.717) is 18.6 Å². The second-order valence-corrected chi connectivity index (χ2v) is 5.94. The van der Waals surface area contributed by atoms with Gasteiger partial charge in [-0.15, -0.1) is 0 Å². The minimum Gasteiger partial charge on any atom is -0.366 e. The van der Waals surface area contributed by atoms with Gasteiger partial charge in [-0.25, -0.2) is 0 Å². The summed E-state index contributed by atoms with van der Waals surface area (Å²) in [6.07, 6.45) is 7.75. The molecule has 0 radical (unpaired) electrons. The molecule has 3 rings (SSSR count). The Labute approximate surface area is 109 Å². The van der Waals surface area contributed by atoms with Crippen LogP contribution in [-0.2, 0) is 9.53 Å². The molecular formula is C14H24N2O2. The van der Waals surface area contributed by atoms with Gasteiger partial charge in [0.1, 0.15) is 6.61 Å². The van der Waals surface area contributed by atoms with Crippen molar-refractivity contribution in [2.45, 2.75) is 50.7 Å². The van der Waals surface area contributed by atoms with E-state index in [2.05, 4.69) is 10.2 Å². The molecule has 4 heteroatoms. The molecule has 3 aliphatic rings. The Kier molecular flexibility index (Phi) is 3.85. The number of carbonyl (C=O) groups excluding carboxylic acids is 1. The van der Waals surface area contributed by atoms with Crippen LogP contribution in [0.2, 0.25) is 0 Å². The van der Waals surface area contributed by atoms with E-state index >= 15 is 0 Å². The van der Waals surface area contributed by atoms with Gasteiger partial charge in [0, 0.05) is 25.0 Å². The van der Waals surface area contributed by atoms with Gasteiger partial charge in [0.15, 0.2) is 0 Å². The number of ether oxygens (including phenoxy) is 1. The van der Waals surface area contributed by atoms with Crippen LogP contribution in [0.1, 0.15) is 38.5 Å². The standard InChI is InChI=1S/C14H24N2O2/c17-14-10-18-13(11-6-7-15-8-11)9-16(14)12-4-2-1-3-5-12/h11-13,15H,1-10H2. The second-order valence-electron chi connectivity index (χ2n) is 5.94. The Morgan fingerprint density at radius 3 is 2.72 bits per heavy atom. The Bertz CT molecular complexity index is 296. The summed E-state index contributed by atoms with van der Waals surface area (Å²) in [6.45, 7) is 3.28. The third kappa shape index (κ3) is 2.54. The third-order valence-corrected chi connectivity index (χ3v) is 4.76. The van der Waals surface area contributed by atoms with Gasteiger partial charge in [-0.05, 0) is 25.8 Å². The third-order valence-electron chi connectivity index (χ3n) is 4.76. The number of carbonyl (C=O) groups is 1. The van der Waals surface area contributed by atoms with E-state index in [4.69, 9.17) is 4.74 Å². The highest BCUT2D eigenvalue weighted by atomic mass is 16.5. The molecule has 1 saturated carbocycles. The average molecular weight is 252 g/mol. The summed E-state index contributed by atoms with van der Waals surface area (Å²) in [5.41, 5.74) is 0. The summed E-state index contributed by atoms with van der Waals surface area (Å²) in [7, 11) is 0. The van der Waals surface area contributed by atoms with E-state index in [1.807, 2.05) is 0 Å². The molecule has 2 heterocycles. The predicted octanol–water partition coefficient (Wildman–Crippen LogP) is 1.16. The van der Waals surface area contributed by atoms with Crippen LogP contribution in [0.25, 0.3) is 0 Å². The smallest absolute Gasteiger partial charge is 0.248 e. The zero-order valence-corrected chi connectivity index (χ0v) is 11.1. The van der Waals surface area contributed by atoms with Crippen LogP contribution in [0, 0.1) is 5.92 Å². The fourth-order valence-corrected chi connectivity index (χ4v) is 3.63. The van der Waals surface area contributed by atoms with Crippen molar-refractivity contribution in [3.8, 4) is 0 Å². The molecule has 0 aromatic rings. The zero-order chi connectivity index (χ0) is 12.4. The van der Waals surface area contributed by atoms with Crippen molar-refractivity contribution in [2.75, 3.05) is 26.2 Å². The summed E-state index contributed by atoms with van der Waals surface area (Å²) in [6, 6.07) is 0.493. The van der Waals surface area contributed by atoms with Gasteiger partial charge in [-0.3, -0.25) is 4.79 Å². The topological polar surface area (TPSA) is 41.6 Å². The average Bonchev–Trinajstić information content (AvgIpc) is 2.94. The van der Waals surface area contributed by atoms with E-state index < -0.39 is 0 Å². The molecule has 2 unspecified atom stereocenters. The molecule has 2 aliphatic heterocycles. The number of nitrogens with one attached hydrogen (secondary N) is 1. The molecule has 4 nitrogen and oxygen atoms in total. The van der Waals surface area contributed by atoms with Crippen molar-refractivity contribution in [1.82, 2.24) is 10.2 Å².